The van der Waals surface area contributed by atoms with Gasteiger partial charge in [-0.25, -0.2) is 0 Å². The molecule has 3 unspecified atom stereocenters. The molecule has 1 aliphatic carbocycles. The number of ether oxygens (including phenoxy) is 1. The SMILES string of the molecule is BC1CC1c1ccc(CC2CN(C(=O)CC3CN(C)CCO3)C2)c(C)c1. The van der Waals surface area contributed by atoms with Crippen molar-refractivity contribution in [2.75, 3.05) is 39.8 Å². The molecule has 0 spiro atoms. The first-order valence-electron chi connectivity index (χ1n) is 10.2. The molecule has 1 aromatic rings. The summed E-state index contributed by atoms with van der Waals surface area (Å²) < 4.78 is 5.73. The summed E-state index contributed by atoms with van der Waals surface area (Å²) in [6.45, 7) is 6.63. The Labute approximate surface area is 158 Å². The number of likely N-dealkylation sites (tertiary alicyclic amines) is 1. The summed E-state index contributed by atoms with van der Waals surface area (Å²) in [4.78, 5) is 16.7. The third-order valence-electron chi connectivity index (χ3n) is 6.47. The second-order valence-electron chi connectivity index (χ2n) is 8.83. The van der Waals surface area contributed by atoms with Gasteiger partial charge in [-0.3, -0.25) is 4.79 Å². The fourth-order valence-corrected chi connectivity index (χ4v) is 4.49. The first-order chi connectivity index (χ1) is 12.5. The van der Waals surface area contributed by atoms with E-state index in [1.165, 1.54) is 23.1 Å². The number of carbonyl (C=O) groups is 1. The van der Waals surface area contributed by atoms with Gasteiger partial charge in [0.05, 0.1) is 19.1 Å². The summed E-state index contributed by atoms with van der Waals surface area (Å²) in [6, 6.07) is 7.04. The van der Waals surface area contributed by atoms with Gasteiger partial charge in [-0.15, -0.1) is 0 Å². The predicted molar refractivity (Wildman–Crippen MR) is 106 cm³/mol. The van der Waals surface area contributed by atoms with Crippen molar-refractivity contribution in [3.63, 3.8) is 0 Å². The summed E-state index contributed by atoms with van der Waals surface area (Å²) in [6.07, 6.45) is 3.04. The molecule has 140 valence electrons. The molecule has 1 amide bonds. The number of aryl methyl sites for hydroxylation is 1. The first-order valence-corrected chi connectivity index (χ1v) is 10.2. The Hall–Kier alpha value is -1.33. The van der Waals surface area contributed by atoms with E-state index < -0.39 is 0 Å². The highest BCUT2D eigenvalue weighted by Crippen LogP contribution is 2.50. The lowest BCUT2D eigenvalue weighted by atomic mass is 9.88. The fraction of sp³-hybridized carbons (Fsp3) is 0.667. The molecule has 26 heavy (non-hydrogen) atoms. The minimum atomic E-state index is 0.0694. The topological polar surface area (TPSA) is 32.8 Å². The molecule has 1 aromatic carbocycles. The monoisotopic (exact) mass is 354 g/mol. The second kappa shape index (κ2) is 7.36. The standard InChI is InChI=1S/C21H31BN2O2/c1-14-7-17(19-10-20(19)22)4-3-16(14)8-15-11-24(12-15)21(25)9-18-13-23(2)5-6-26-18/h3-4,7,15,18-20H,5-6,8-13,22H2,1-2H3. The van der Waals surface area contributed by atoms with Gasteiger partial charge in [0.15, 0.2) is 0 Å². The van der Waals surface area contributed by atoms with Crippen LogP contribution in [0.2, 0.25) is 5.82 Å². The average molecular weight is 354 g/mol. The highest BCUT2D eigenvalue weighted by atomic mass is 16.5. The maximum atomic E-state index is 12.4. The van der Waals surface area contributed by atoms with Crippen molar-refractivity contribution in [1.82, 2.24) is 9.80 Å². The van der Waals surface area contributed by atoms with Gasteiger partial charge in [0.1, 0.15) is 7.85 Å². The highest BCUT2D eigenvalue weighted by molar-refractivity contribution is 6.14. The predicted octanol–water partition coefficient (Wildman–Crippen LogP) is 1.63. The van der Waals surface area contributed by atoms with E-state index in [0.717, 1.165) is 50.9 Å². The van der Waals surface area contributed by atoms with Gasteiger partial charge >= 0.3 is 0 Å². The van der Waals surface area contributed by atoms with Crippen LogP contribution in [0.3, 0.4) is 0 Å². The van der Waals surface area contributed by atoms with Crippen molar-refractivity contribution in [3.8, 4) is 0 Å². The Bertz CT molecular complexity index is 674. The number of benzene rings is 1. The van der Waals surface area contributed by atoms with Gasteiger partial charge in [0.25, 0.3) is 0 Å². The van der Waals surface area contributed by atoms with E-state index in [2.05, 4.69) is 44.9 Å². The molecule has 3 fully saturated rings. The maximum Gasteiger partial charge on any atom is 0.225 e. The zero-order valence-corrected chi connectivity index (χ0v) is 16.4. The summed E-state index contributed by atoms with van der Waals surface area (Å²) in [5.74, 6) is 2.52. The summed E-state index contributed by atoms with van der Waals surface area (Å²) in [5.41, 5.74) is 4.39. The van der Waals surface area contributed by atoms with Crippen LogP contribution in [0.15, 0.2) is 18.2 Å². The van der Waals surface area contributed by atoms with Gasteiger partial charge in [0.2, 0.25) is 5.91 Å². The van der Waals surface area contributed by atoms with Crippen LogP contribution in [0.1, 0.15) is 35.4 Å². The number of hydrogen-bond donors (Lipinski definition) is 0. The number of likely N-dealkylation sites (N-methyl/N-ethyl adjacent to an activating group) is 1. The average Bonchev–Trinajstić information content (AvgIpc) is 3.28. The molecular weight excluding hydrogens is 323 g/mol. The number of carbonyl (C=O) groups excluding carboxylic acids is 1. The fourth-order valence-electron chi connectivity index (χ4n) is 4.49. The van der Waals surface area contributed by atoms with E-state index in [1.807, 2.05) is 4.90 Å². The molecule has 3 atom stereocenters. The number of morpholine rings is 1. The van der Waals surface area contributed by atoms with Crippen LogP contribution < -0.4 is 0 Å². The highest BCUT2D eigenvalue weighted by Gasteiger charge is 2.35. The van der Waals surface area contributed by atoms with E-state index in [4.69, 9.17) is 4.74 Å². The van der Waals surface area contributed by atoms with Crippen LogP contribution in [0.5, 0.6) is 0 Å². The molecule has 2 aliphatic heterocycles. The third kappa shape index (κ3) is 3.99. The van der Waals surface area contributed by atoms with E-state index in [9.17, 15) is 4.79 Å². The Kier molecular flexibility index (Phi) is 5.11. The van der Waals surface area contributed by atoms with Crippen molar-refractivity contribution < 1.29 is 9.53 Å². The lowest BCUT2D eigenvalue weighted by molar-refractivity contribution is -0.142. The molecule has 1 saturated carbocycles. The van der Waals surface area contributed by atoms with Crippen LogP contribution in [-0.2, 0) is 16.0 Å². The third-order valence-corrected chi connectivity index (χ3v) is 6.47. The molecule has 5 heteroatoms. The molecule has 0 aromatic heterocycles. The summed E-state index contributed by atoms with van der Waals surface area (Å²) in [7, 11) is 4.43. The van der Waals surface area contributed by atoms with Crippen LogP contribution in [0, 0.1) is 12.8 Å². The van der Waals surface area contributed by atoms with Crippen molar-refractivity contribution in [2.45, 2.75) is 44.0 Å². The first kappa shape index (κ1) is 18.1. The van der Waals surface area contributed by atoms with Crippen LogP contribution in [-0.4, -0.2) is 69.5 Å². The Morgan fingerprint density at radius 3 is 2.73 bits per heavy atom. The van der Waals surface area contributed by atoms with E-state index in [-0.39, 0.29) is 12.0 Å². The van der Waals surface area contributed by atoms with E-state index >= 15 is 0 Å². The molecule has 4 rings (SSSR count). The Balaban J connectivity index is 1.24. The molecule has 0 N–H and O–H groups in total. The van der Waals surface area contributed by atoms with Crippen molar-refractivity contribution >= 4 is 13.8 Å². The van der Waals surface area contributed by atoms with Crippen molar-refractivity contribution in [1.29, 1.82) is 0 Å². The number of rotatable bonds is 5. The molecule has 0 radical (unpaired) electrons. The minimum Gasteiger partial charge on any atom is -0.375 e. The van der Waals surface area contributed by atoms with Gasteiger partial charge in [-0.2, -0.15) is 0 Å². The number of hydrogen-bond acceptors (Lipinski definition) is 3. The summed E-state index contributed by atoms with van der Waals surface area (Å²) in [5, 5.41) is 0. The van der Waals surface area contributed by atoms with Crippen LogP contribution >= 0.6 is 0 Å². The zero-order chi connectivity index (χ0) is 18.3. The Morgan fingerprint density at radius 1 is 1.31 bits per heavy atom. The maximum absolute atomic E-state index is 12.4. The number of amides is 1. The second-order valence-corrected chi connectivity index (χ2v) is 8.83. The molecular formula is C21H31BN2O2. The summed E-state index contributed by atoms with van der Waals surface area (Å²) >= 11 is 0. The quantitative estimate of drug-likeness (QED) is 0.754. The van der Waals surface area contributed by atoms with Gasteiger partial charge in [-0.05, 0) is 48.9 Å². The lowest BCUT2D eigenvalue weighted by Crippen LogP contribution is -2.52. The van der Waals surface area contributed by atoms with Crippen molar-refractivity contribution in [3.05, 3.63) is 34.9 Å². The van der Waals surface area contributed by atoms with Gasteiger partial charge in [0, 0.05) is 26.2 Å². The van der Waals surface area contributed by atoms with Crippen molar-refractivity contribution in [2.24, 2.45) is 5.92 Å². The largest absolute Gasteiger partial charge is 0.375 e. The van der Waals surface area contributed by atoms with E-state index in [0.29, 0.717) is 12.3 Å². The molecule has 4 nitrogen and oxygen atoms in total. The van der Waals surface area contributed by atoms with Crippen LogP contribution in [0.25, 0.3) is 0 Å². The molecule has 3 aliphatic rings. The molecule has 2 heterocycles. The molecule has 2 saturated heterocycles. The van der Waals surface area contributed by atoms with Gasteiger partial charge in [-0.1, -0.05) is 30.4 Å². The minimum absolute atomic E-state index is 0.0694. The normalized spacial score (nSPS) is 29.5. The molecule has 0 bridgehead atoms. The van der Waals surface area contributed by atoms with Crippen LogP contribution in [0.4, 0.5) is 0 Å². The smallest absolute Gasteiger partial charge is 0.225 e. The van der Waals surface area contributed by atoms with E-state index in [1.54, 1.807) is 0 Å². The zero-order valence-electron chi connectivity index (χ0n) is 16.4. The Morgan fingerprint density at radius 2 is 2.08 bits per heavy atom. The number of nitrogens with zero attached hydrogens (tertiary/aromatic N) is 2. The lowest BCUT2D eigenvalue weighted by Gasteiger charge is -2.41. The van der Waals surface area contributed by atoms with Gasteiger partial charge < -0.3 is 14.5 Å².